The maximum Gasteiger partial charge on any atom is 0.263 e. The van der Waals surface area contributed by atoms with Crippen LogP contribution < -0.4 is 14.8 Å². The molecule has 6 nitrogen and oxygen atoms in total. The highest BCUT2D eigenvalue weighted by atomic mass is 32.1. The molecule has 0 saturated carbocycles. The van der Waals surface area contributed by atoms with Crippen LogP contribution in [0.15, 0.2) is 24.3 Å². The molecule has 1 aromatic heterocycles. The molecule has 2 amide bonds. The molecular weight excluding hydrogens is 412 g/mol. The largest absolute Gasteiger partial charge is 0.486 e. The van der Waals surface area contributed by atoms with E-state index in [2.05, 4.69) is 5.32 Å². The van der Waals surface area contributed by atoms with Gasteiger partial charge in [-0.05, 0) is 55.9 Å². The molecule has 164 valence electrons. The minimum Gasteiger partial charge on any atom is -0.486 e. The van der Waals surface area contributed by atoms with Crippen LogP contribution in [-0.4, -0.2) is 43.0 Å². The summed E-state index contributed by atoms with van der Waals surface area (Å²) < 4.78 is 11.2. The number of carbonyl (C=O) groups excluding carboxylic acids is 2. The predicted octanol–water partition coefficient (Wildman–Crippen LogP) is 4.28. The fourth-order valence-electron chi connectivity index (χ4n) is 4.65. The Balaban J connectivity index is 1.24. The molecule has 31 heavy (non-hydrogen) atoms. The number of nitrogens with zero attached hydrogens (tertiary/aromatic N) is 1. The number of fused-ring (bicyclic) bond motifs is 2. The second kappa shape index (κ2) is 8.91. The molecule has 2 aliphatic heterocycles. The molecular formula is C24H28N2O4S. The van der Waals surface area contributed by atoms with Crippen molar-refractivity contribution in [3.8, 4) is 11.5 Å². The highest BCUT2D eigenvalue weighted by Gasteiger charge is 2.29. The average Bonchev–Trinajstić information content (AvgIpc) is 3.03. The van der Waals surface area contributed by atoms with Crippen LogP contribution in [0, 0.1) is 5.92 Å². The van der Waals surface area contributed by atoms with E-state index in [9.17, 15) is 9.59 Å². The number of hydrogen-bond donors (Lipinski definition) is 1. The lowest BCUT2D eigenvalue weighted by molar-refractivity contribution is -0.120. The molecule has 3 heterocycles. The van der Waals surface area contributed by atoms with Crippen molar-refractivity contribution >= 4 is 28.8 Å². The number of benzene rings is 1. The van der Waals surface area contributed by atoms with Gasteiger partial charge in [0.25, 0.3) is 5.91 Å². The number of anilines is 1. The van der Waals surface area contributed by atoms with Crippen molar-refractivity contribution in [3.05, 3.63) is 39.6 Å². The summed E-state index contributed by atoms with van der Waals surface area (Å²) in [5, 5.41) is 3.03. The van der Waals surface area contributed by atoms with Gasteiger partial charge in [0, 0.05) is 35.6 Å². The van der Waals surface area contributed by atoms with Gasteiger partial charge < -0.3 is 19.7 Å². The molecule has 2 aromatic rings. The molecule has 1 aliphatic carbocycles. The number of carbonyl (C=O) groups is 2. The van der Waals surface area contributed by atoms with E-state index in [4.69, 9.17) is 9.47 Å². The molecule has 1 atom stereocenters. The molecule has 0 unspecified atom stereocenters. The first-order valence-electron chi connectivity index (χ1n) is 11.3. The molecule has 3 aliphatic rings. The first kappa shape index (κ1) is 20.4. The van der Waals surface area contributed by atoms with Crippen LogP contribution in [0.2, 0.25) is 0 Å². The van der Waals surface area contributed by atoms with Gasteiger partial charge in [-0.2, -0.15) is 0 Å². The molecule has 1 N–H and O–H groups in total. The van der Waals surface area contributed by atoms with Gasteiger partial charge in [-0.3, -0.25) is 9.59 Å². The number of amides is 2. The van der Waals surface area contributed by atoms with Crippen LogP contribution in [0.4, 0.5) is 5.69 Å². The topological polar surface area (TPSA) is 67.9 Å². The van der Waals surface area contributed by atoms with Crippen LogP contribution in [0.3, 0.4) is 0 Å². The predicted molar refractivity (Wildman–Crippen MR) is 120 cm³/mol. The Kier molecular flexibility index (Phi) is 5.85. The summed E-state index contributed by atoms with van der Waals surface area (Å²) in [4.78, 5) is 30.0. The van der Waals surface area contributed by atoms with Crippen LogP contribution in [0.1, 0.15) is 52.2 Å². The van der Waals surface area contributed by atoms with E-state index in [-0.39, 0.29) is 17.7 Å². The van der Waals surface area contributed by atoms with Gasteiger partial charge in [-0.1, -0.05) is 12.8 Å². The van der Waals surface area contributed by atoms with Crippen LogP contribution >= 0.6 is 11.3 Å². The van der Waals surface area contributed by atoms with Crippen LogP contribution in [-0.2, 0) is 17.6 Å². The maximum atomic E-state index is 13.0. The molecule has 0 radical (unpaired) electrons. The van der Waals surface area contributed by atoms with E-state index in [0.717, 1.165) is 54.9 Å². The number of thiophene rings is 1. The van der Waals surface area contributed by atoms with E-state index >= 15 is 0 Å². The van der Waals surface area contributed by atoms with Gasteiger partial charge in [0.05, 0.1) is 4.88 Å². The zero-order valence-corrected chi connectivity index (χ0v) is 18.5. The second-order valence-corrected chi connectivity index (χ2v) is 9.69. The van der Waals surface area contributed by atoms with Gasteiger partial charge >= 0.3 is 0 Å². The SMILES string of the molecule is O=C(Nc1ccc2c(c1)OCCO2)[C@H]1CCc2sc(C(=O)N3CCCCCC3)cc2C1. The Morgan fingerprint density at radius 2 is 1.77 bits per heavy atom. The summed E-state index contributed by atoms with van der Waals surface area (Å²) in [6.07, 6.45) is 6.97. The van der Waals surface area contributed by atoms with E-state index in [0.29, 0.717) is 31.1 Å². The van der Waals surface area contributed by atoms with Gasteiger partial charge in [0.2, 0.25) is 5.91 Å². The van der Waals surface area contributed by atoms with E-state index < -0.39 is 0 Å². The van der Waals surface area contributed by atoms with Gasteiger partial charge in [-0.25, -0.2) is 0 Å². The third-order valence-corrected chi connectivity index (χ3v) is 7.59. The monoisotopic (exact) mass is 440 g/mol. The highest BCUT2D eigenvalue weighted by Crippen LogP contribution is 2.35. The fraction of sp³-hybridized carbons (Fsp3) is 0.500. The number of rotatable bonds is 3. The minimum atomic E-state index is -0.0866. The molecule has 1 aromatic carbocycles. The summed E-state index contributed by atoms with van der Waals surface area (Å²) in [6, 6.07) is 7.55. The molecule has 1 saturated heterocycles. The summed E-state index contributed by atoms with van der Waals surface area (Å²) in [5.41, 5.74) is 1.89. The van der Waals surface area contributed by atoms with E-state index in [1.165, 1.54) is 17.7 Å². The van der Waals surface area contributed by atoms with Gasteiger partial charge in [-0.15, -0.1) is 11.3 Å². The van der Waals surface area contributed by atoms with Crippen LogP contribution in [0.25, 0.3) is 0 Å². The maximum absolute atomic E-state index is 13.0. The van der Waals surface area contributed by atoms with Crippen molar-refractivity contribution in [1.82, 2.24) is 4.90 Å². The van der Waals surface area contributed by atoms with Crippen molar-refractivity contribution < 1.29 is 19.1 Å². The third-order valence-electron chi connectivity index (χ3n) is 6.37. The van der Waals surface area contributed by atoms with Gasteiger partial charge in [0.15, 0.2) is 11.5 Å². The number of hydrogen-bond acceptors (Lipinski definition) is 5. The Hall–Kier alpha value is -2.54. The first-order valence-corrected chi connectivity index (χ1v) is 12.1. The molecule has 1 fully saturated rings. The van der Waals surface area contributed by atoms with Crippen LogP contribution in [0.5, 0.6) is 11.5 Å². The third kappa shape index (κ3) is 4.42. The van der Waals surface area contributed by atoms with Crippen molar-refractivity contribution in [2.24, 2.45) is 5.92 Å². The summed E-state index contributed by atoms with van der Waals surface area (Å²) >= 11 is 1.62. The highest BCUT2D eigenvalue weighted by molar-refractivity contribution is 7.14. The molecule has 0 bridgehead atoms. The summed E-state index contributed by atoms with van der Waals surface area (Å²) in [7, 11) is 0. The van der Waals surface area contributed by atoms with Crippen molar-refractivity contribution in [1.29, 1.82) is 0 Å². The minimum absolute atomic E-state index is 0.0222. The molecule has 7 heteroatoms. The lowest BCUT2D eigenvalue weighted by Crippen LogP contribution is -2.31. The first-order chi connectivity index (χ1) is 15.2. The summed E-state index contributed by atoms with van der Waals surface area (Å²) in [5.74, 6) is 1.49. The number of ether oxygens (including phenoxy) is 2. The van der Waals surface area contributed by atoms with Crippen molar-refractivity contribution in [2.75, 3.05) is 31.6 Å². The number of aryl methyl sites for hydroxylation is 1. The summed E-state index contributed by atoms with van der Waals surface area (Å²) in [6.45, 7) is 2.79. The van der Waals surface area contributed by atoms with Gasteiger partial charge in [0.1, 0.15) is 13.2 Å². The van der Waals surface area contributed by atoms with E-state index in [1.54, 1.807) is 11.3 Å². The lowest BCUT2D eigenvalue weighted by Gasteiger charge is -2.22. The molecule has 5 rings (SSSR count). The quantitative estimate of drug-likeness (QED) is 0.774. The fourth-order valence-corrected chi connectivity index (χ4v) is 5.82. The normalized spacial score (nSPS) is 20.5. The zero-order chi connectivity index (χ0) is 21.2. The van der Waals surface area contributed by atoms with E-state index in [1.807, 2.05) is 29.2 Å². The smallest absolute Gasteiger partial charge is 0.263 e. The number of likely N-dealkylation sites (tertiary alicyclic amines) is 1. The Morgan fingerprint density at radius 3 is 2.58 bits per heavy atom. The Morgan fingerprint density at radius 1 is 1.00 bits per heavy atom. The number of nitrogens with one attached hydrogen (secondary N) is 1. The Labute approximate surface area is 186 Å². The Bertz CT molecular complexity index is 978. The average molecular weight is 441 g/mol. The van der Waals surface area contributed by atoms with Crippen molar-refractivity contribution in [2.45, 2.75) is 44.9 Å². The lowest BCUT2D eigenvalue weighted by atomic mass is 9.87. The van der Waals surface area contributed by atoms with Crippen molar-refractivity contribution in [3.63, 3.8) is 0 Å². The standard InChI is InChI=1S/C24H28N2O4S/c27-23(25-18-6-7-19-20(15-18)30-12-11-29-19)16-5-8-21-17(13-16)14-22(31-21)24(28)26-9-3-1-2-4-10-26/h6-7,14-16H,1-5,8-13H2,(H,25,27)/t16-/m0/s1. The zero-order valence-electron chi connectivity index (χ0n) is 17.7. The second-order valence-electron chi connectivity index (χ2n) is 8.55. The molecule has 0 spiro atoms.